The first-order valence-electron chi connectivity index (χ1n) is 7.14. The molecule has 0 aliphatic rings. The largest absolute Gasteiger partial charge is 0.338 e. The molecule has 2 rings (SSSR count). The molecular weight excluding hydrogens is 282 g/mol. The molecule has 2 aromatic heterocycles. The lowest BCUT2D eigenvalue weighted by molar-refractivity contribution is 0.0754. The number of H-pyrrole nitrogens is 1. The number of rotatable bonds is 4. The van der Waals surface area contributed by atoms with Gasteiger partial charge in [-0.1, -0.05) is 0 Å². The first kappa shape index (κ1) is 15.8. The van der Waals surface area contributed by atoms with Crippen LogP contribution in [0.4, 0.5) is 0 Å². The van der Waals surface area contributed by atoms with Crippen molar-refractivity contribution in [2.24, 2.45) is 13.0 Å². The van der Waals surface area contributed by atoms with Gasteiger partial charge in [0.1, 0.15) is 0 Å². The van der Waals surface area contributed by atoms with Gasteiger partial charge in [-0.25, -0.2) is 4.98 Å². The van der Waals surface area contributed by atoms with Crippen LogP contribution in [0, 0.1) is 24.2 Å². The smallest absolute Gasteiger partial charge is 0.274 e. The number of aromatic amines is 1. The number of hydrogen-bond donors (Lipinski definition) is 1. The number of hydrogen-bond acceptors (Lipinski definition) is 4. The highest BCUT2D eigenvalue weighted by atomic mass is 16.2. The summed E-state index contributed by atoms with van der Waals surface area (Å²) in [5, 5.41) is 11.9. The Balaban J connectivity index is 2.56. The molecule has 0 radical (unpaired) electrons. The Kier molecular flexibility index (Phi) is 4.31. The van der Waals surface area contributed by atoms with Crippen LogP contribution >= 0.6 is 0 Å². The predicted molar refractivity (Wildman–Crippen MR) is 82.4 cm³/mol. The highest BCUT2D eigenvalue weighted by Gasteiger charge is 2.22. The van der Waals surface area contributed by atoms with Gasteiger partial charge in [-0.3, -0.25) is 19.4 Å². The number of nitriles is 1. The molecule has 1 atom stereocenters. The Morgan fingerprint density at radius 1 is 1.59 bits per heavy atom. The van der Waals surface area contributed by atoms with Crippen LogP contribution in [0.15, 0.2) is 10.9 Å². The summed E-state index contributed by atoms with van der Waals surface area (Å²) >= 11 is 0. The summed E-state index contributed by atoms with van der Waals surface area (Å²) in [7, 11) is 1.68. The molecule has 116 valence electrons. The van der Waals surface area contributed by atoms with E-state index in [2.05, 4.69) is 16.2 Å². The van der Waals surface area contributed by atoms with Gasteiger partial charge in [0.2, 0.25) is 0 Å². The van der Waals surface area contributed by atoms with Crippen LogP contribution in [-0.2, 0) is 7.05 Å². The summed E-state index contributed by atoms with van der Waals surface area (Å²) in [4.78, 5) is 30.8. The Morgan fingerprint density at radius 3 is 2.86 bits per heavy atom. The van der Waals surface area contributed by atoms with E-state index in [4.69, 9.17) is 5.26 Å². The molecule has 0 bridgehead atoms. The number of pyridine rings is 1. The van der Waals surface area contributed by atoms with E-state index in [1.165, 1.54) is 4.68 Å². The monoisotopic (exact) mass is 301 g/mol. The predicted octanol–water partition coefficient (Wildman–Crippen LogP) is 1.19. The second kappa shape index (κ2) is 6.02. The van der Waals surface area contributed by atoms with Crippen molar-refractivity contribution in [3.63, 3.8) is 0 Å². The van der Waals surface area contributed by atoms with Crippen molar-refractivity contribution in [1.29, 1.82) is 5.26 Å². The van der Waals surface area contributed by atoms with E-state index in [-0.39, 0.29) is 17.4 Å². The third-order valence-electron chi connectivity index (χ3n) is 3.56. The molecule has 1 amide bonds. The Hall–Kier alpha value is -2.62. The summed E-state index contributed by atoms with van der Waals surface area (Å²) in [6.45, 7) is 6.20. The van der Waals surface area contributed by atoms with Gasteiger partial charge < -0.3 is 4.90 Å². The maximum atomic E-state index is 12.8. The Bertz CT molecular complexity index is 812. The van der Waals surface area contributed by atoms with Crippen molar-refractivity contribution in [2.75, 3.05) is 13.1 Å². The summed E-state index contributed by atoms with van der Waals surface area (Å²) in [6, 6.07) is 3.75. The number of fused-ring (bicyclic) bond motifs is 1. The molecule has 0 aliphatic carbocycles. The minimum atomic E-state index is -0.335. The van der Waals surface area contributed by atoms with E-state index >= 15 is 0 Å². The number of aromatic nitrogens is 3. The molecule has 2 heterocycles. The molecule has 0 aliphatic heterocycles. The summed E-state index contributed by atoms with van der Waals surface area (Å²) < 4.78 is 1.51. The minimum Gasteiger partial charge on any atom is -0.338 e. The van der Waals surface area contributed by atoms with Gasteiger partial charge in [0.05, 0.1) is 22.9 Å². The second-order valence-corrected chi connectivity index (χ2v) is 5.38. The van der Waals surface area contributed by atoms with Crippen molar-refractivity contribution in [1.82, 2.24) is 19.7 Å². The van der Waals surface area contributed by atoms with Gasteiger partial charge in [0.25, 0.3) is 11.5 Å². The van der Waals surface area contributed by atoms with Crippen molar-refractivity contribution >= 4 is 16.9 Å². The van der Waals surface area contributed by atoms with Crippen LogP contribution in [-0.4, -0.2) is 38.7 Å². The van der Waals surface area contributed by atoms with Gasteiger partial charge in [-0.15, -0.1) is 0 Å². The number of amides is 1. The van der Waals surface area contributed by atoms with E-state index in [0.29, 0.717) is 35.4 Å². The van der Waals surface area contributed by atoms with Crippen LogP contribution in [0.1, 0.15) is 29.9 Å². The molecule has 7 nitrogen and oxygen atoms in total. The number of nitrogens with one attached hydrogen (secondary N) is 1. The third-order valence-corrected chi connectivity index (χ3v) is 3.56. The average Bonchev–Trinajstić information content (AvgIpc) is 2.77. The fourth-order valence-corrected chi connectivity index (χ4v) is 2.45. The van der Waals surface area contributed by atoms with Gasteiger partial charge in [-0.2, -0.15) is 5.26 Å². The zero-order valence-electron chi connectivity index (χ0n) is 13.2. The minimum absolute atomic E-state index is 0.253. The summed E-state index contributed by atoms with van der Waals surface area (Å²) in [5.74, 6) is -0.520. The molecule has 7 heteroatoms. The SMILES string of the molecule is CCN(C[C@@H](C)C#N)C(=O)c1cc(C)nc2c1c(=O)[nH]n2C. The van der Waals surface area contributed by atoms with E-state index in [0.717, 1.165) is 0 Å². The zero-order valence-corrected chi connectivity index (χ0v) is 13.2. The second-order valence-electron chi connectivity index (χ2n) is 5.38. The third kappa shape index (κ3) is 2.72. The molecule has 0 fully saturated rings. The van der Waals surface area contributed by atoms with Crippen LogP contribution in [0.2, 0.25) is 0 Å². The lowest BCUT2D eigenvalue weighted by Crippen LogP contribution is -2.35. The maximum absolute atomic E-state index is 12.8. The molecule has 1 N–H and O–H groups in total. The molecule has 22 heavy (non-hydrogen) atoms. The topological polar surface area (TPSA) is 94.8 Å². The molecule has 0 unspecified atom stereocenters. The van der Waals surface area contributed by atoms with Crippen molar-refractivity contribution in [2.45, 2.75) is 20.8 Å². The molecule has 0 aromatic carbocycles. The molecule has 0 spiro atoms. The van der Waals surface area contributed by atoms with Crippen molar-refractivity contribution < 1.29 is 4.79 Å². The number of carbonyl (C=O) groups is 1. The van der Waals surface area contributed by atoms with Gasteiger partial charge in [0, 0.05) is 25.8 Å². The molecule has 0 saturated heterocycles. The Morgan fingerprint density at radius 2 is 2.27 bits per heavy atom. The fourth-order valence-electron chi connectivity index (χ4n) is 2.45. The van der Waals surface area contributed by atoms with Crippen LogP contribution in [0.3, 0.4) is 0 Å². The standard InChI is InChI=1S/C15H19N5O2/c1-5-20(8-9(2)7-16)15(22)11-6-10(3)17-13-12(11)14(21)18-19(13)4/h6,9H,5,8H2,1-4H3,(H,18,21)/t9-/m0/s1. The van der Waals surface area contributed by atoms with Crippen LogP contribution in [0.25, 0.3) is 11.0 Å². The Labute approximate surface area is 128 Å². The number of nitrogens with zero attached hydrogens (tertiary/aromatic N) is 4. The lowest BCUT2D eigenvalue weighted by atomic mass is 10.1. The maximum Gasteiger partial charge on any atom is 0.274 e. The van der Waals surface area contributed by atoms with Crippen LogP contribution < -0.4 is 5.56 Å². The van der Waals surface area contributed by atoms with E-state index < -0.39 is 0 Å². The average molecular weight is 301 g/mol. The highest BCUT2D eigenvalue weighted by molar-refractivity contribution is 6.05. The summed E-state index contributed by atoms with van der Waals surface area (Å²) in [6.07, 6.45) is 0. The van der Waals surface area contributed by atoms with E-state index in [1.807, 2.05) is 6.92 Å². The van der Waals surface area contributed by atoms with E-state index in [1.54, 1.807) is 31.9 Å². The highest BCUT2D eigenvalue weighted by Crippen LogP contribution is 2.17. The number of aryl methyl sites for hydroxylation is 2. The van der Waals surface area contributed by atoms with Gasteiger partial charge in [0.15, 0.2) is 5.65 Å². The fraction of sp³-hybridized carbons (Fsp3) is 0.467. The van der Waals surface area contributed by atoms with E-state index in [9.17, 15) is 9.59 Å². The number of carbonyl (C=O) groups excluding carboxylic acids is 1. The first-order chi connectivity index (χ1) is 10.4. The molecule has 0 saturated carbocycles. The van der Waals surface area contributed by atoms with Crippen LogP contribution in [0.5, 0.6) is 0 Å². The molecule has 2 aromatic rings. The summed E-state index contributed by atoms with van der Waals surface area (Å²) in [5.41, 5.74) is 1.11. The quantitative estimate of drug-likeness (QED) is 0.917. The lowest BCUT2D eigenvalue weighted by Gasteiger charge is -2.22. The first-order valence-corrected chi connectivity index (χ1v) is 7.14. The van der Waals surface area contributed by atoms with Crippen molar-refractivity contribution in [3.05, 3.63) is 27.7 Å². The normalized spacial score (nSPS) is 12.1. The van der Waals surface area contributed by atoms with Gasteiger partial charge in [-0.05, 0) is 26.8 Å². The van der Waals surface area contributed by atoms with Crippen molar-refractivity contribution in [3.8, 4) is 6.07 Å². The zero-order chi connectivity index (χ0) is 16.4. The molecular formula is C15H19N5O2. The van der Waals surface area contributed by atoms with Gasteiger partial charge >= 0.3 is 0 Å².